The van der Waals surface area contributed by atoms with Gasteiger partial charge in [-0.1, -0.05) is 36.4 Å². The number of hydrogen-bond donors (Lipinski definition) is 2. The monoisotopic (exact) mass is 548 g/mol. The second-order valence-electron chi connectivity index (χ2n) is 9.16. The number of carbonyl (C=O) groups is 1. The van der Waals surface area contributed by atoms with Crippen LogP contribution >= 0.6 is 11.3 Å². The summed E-state index contributed by atoms with van der Waals surface area (Å²) in [6, 6.07) is 15.8. The number of fused-ring (bicyclic) bond motifs is 2. The molecule has 1 atom stereocenters. The fourth-order valence-electron chi connectivity index (χ4n) is 4.62. The average Bonchev–Trinajstić information content (AvgIpc) is 3.53. The minimum Gasteiger partial charge on any atom is -0.381 e. The molecule has 0 aliphatic rings. The lowest BCUT2D eigenvalue weighted by Gasteiger charge is -2.20. The van der Waals surface area contributed by atoms with Crippen molar-refractivity contribution in [2.75, 3.05) is 5.73 Å². The molecule has 0 spiro atoms. The number of nitrogens with two attached hydrogens (primary N) is 1. The van der Waals surface area contributed by atoms with Gasteiger partial charge in [-0.3, -0.25) is 14.2 Å². The van der Waals surface area contributed by atoms with E-state index in [1.807, 2.05) is 66.9 Å². The summed E-state index contributed by atoms with van der Waals surface area (Å²) < 4.78 is 2.99. The number of nitrogen functional groups attached to an aromatic ring is 1. The smallest absolute Gasteiger partial charge is 0.266 e. The molecule has 3 N–H and O–H groups in total. The van der Waals surface area contributed by atoms with Crippen LogP contribution in [0.3, 0.4) is 0 Å². The third-order valence-electron chi connectivity index (χ3n) is 6.42. The standard InChI is InChI=1S/C29H24N8O2S/c1-17(32-28(38)24-25(30)35-36-15-7-14-31-27(24)36)26-34-22-11-6-8-19(12-13-20-16-40-18(2)33-20)23(22)29(39)37(26)21-9-4-3-5-10-21/h3-17H,1-2H3,(H2,30,35)(H,32,38). The highest BCUT2D eigenvalue weighted by atomic mass is 32.1. The highest BCUT2D eigenvalue weighted by Gasteiger charge is 2.24. The number of hydrogen-bond acceptors (Lipinski definition) is 8. The van der Waals surface area contributed by atoms with Gasteiger partial charge in [0.2, 0.25) is 0 Å². The summed E-state index contributed by atoms with van der Waals surface area (Å²) in [5, 5.41) is 10.5. The van der Waals surface area contributed by atoms with Gasteiger partial charge < -0.3 is 11.1 Å². The van der Waals surface area contributed by atoms with Crippen LogP contribution in [0.15, 0.2) is 77.2 Å². The highest BCUT2D eigenvalue weighted by molar-refractivity contribution is 7.09. The zero-order valence-electron chi connectivity index (χ0n) is 21.6. The van der Waals surface area contributed by atoms with Crippen LogP contribution in [0.2, 0.25) is 0 Å². The van der Waals surface area contributed by atoms with Gasteiger partial charge in [-0.15, -0.1) is 16.4 Å². The zero-order valence-corrected chi connectivity index (χ0v) is 22.5. The zero-order chi connectivity index (χ0) is 27.8. The predicted molar refractivity (Wildman–Crippen MR) is 156 cm³/mol. The molecule has 1 unspecified atom stereocenters. The number of carbonyl (C=O) groups excluding carboxylic acids is 1. The Balaban J connectivity index is 1.46. The highest BCUT2D eigenvalue weighted by Crippen LogP contribution is 2.23. The quantitative estimate of drug-likeness (QED) is 0.314. The van der Waals surface area contributed by atoms with Gasteiger partial charge >= 0.3 is 0 Å². The van der Waals surface area contributed by atoms with Gasteiger partial charge in [0.15, 0.2) is 11.5 Å². The topological polar surface area (TPSA) is 133 Å². The second kappa shape index (κ2) is 10.2. The van der Waals surface area contributed by atoms with Crippen molar-refractivity contribution in [3.8, 4) is 5.69 Å². The molecule has 6 aromatic rings. The molecule has 1 amide bonds. The Kier molecular flexibility index (Phi) is 6.40. The summed E-state index contributed by atoms with van der Waals surface area (Å²) in [6.07, 6.45) is 6.99. The summed E-state index contributed by atoms with van der Waals surface area (Å²) in [7, 11) is 0. The van der Waals surface area contributed by atoms with E-state index in [4.69, 9.17) is 10.7 Å². The van der Waals surface area contributed by atoms with Crippen molar-refractivity contribution >= 4 is 51.8 Å². The minimum absolute atomic E-state index is 0.0575. The first kappa shape index (κ1) is 25.1. The fraction of sp³-hybridized carbons (Fsp3) is 0.103. The number of thiazole rings is 1. The number of aryl methyl sites for hydroxylation is 1. The molecule has 4 heterocycles. The molecule has 11 heteroatoms. The molecule has 4 aromatic heterocycles. The summed E-state index contributed by atoms with van der Waals surface area (Å²) in [4.78, 5) is 41.2. The molecular formula is C29H24N8O2S. The first-order valence-electron chi connectivity index (χ1n) is 12.5. The van der Waals surface area contributed by atoms with Crippen LogP contribution < -0.4 is 16.6 Å². The lowest BCUT2D eigenvalue weighted by Crippen LogP contribution is -2.33. The molecule has 0 fully saturated rings. The van der Waals surface area contributed by atoms with Crippen molar-refractivity contribution in [1.29, 1.82) is 0 Å². The third kappa shape index (κ3) is 4.52. The van der Waals surface area contributed by atoms with Crippen molar-refractivity contribution in [3.05, 3.63) is 110 Å². The number of benzene rings is 2. The Morgan fingerprint density at radius 3 is 2.67 bits per heavy atom. The van der Waals surface area contributed by atoms with E-state index < -0.39 is 11.9 Å². The Morgan fingerprint density at radius 1 is 1.07 bits per heavy atom. The number of rotatable bonds is 6. The molecule has 0 bridgehead atoms. The fourth-order valence-corrected chi connectivity index (χ4v) is 5.20. The second-order valence-corrected chi connectivity index (χ2v) is 10.2. The average molecular weight is 549 g/mol. The SMILES string of the molecule is Cc1nc(C=Cc2cccc3nc(C(C)NC(=O)c4c(N)nn5cccnc45)n(-c4ccccc4)c(=O)c23)cs1. The van der Waals surface area contributed by atoms with Gasteiger partial charge in [-0.2, -0.15) is 0 Å². The molecule has 0 radical (unpaired) electrons. The number of para-hydroxylation sites is 1. The van der Waals surface area contributed by atoms with E-state index in [1.54, 1.807) is 42.8 Å². The maximum absolute atomic E-state index is 14.2. The van der Waals surface area contributed by atoms with Gasteiger partial charge in [0.05, 0.1) is 33.3 Å². The molecular weight excluding hydrogens is 524 g/mol. The van der Waals surface area contributed by atoms with E-state index >= 15 is 0 Å². The Labute approximate surface area is 232 Å². The molecule has 40 heavy (non-hydrogen) atoms. The van der Waals surface area contributed by atoms with Gasteiger partial charge in [0, 0.05) is 17.8 Å². The van der Waals surface area contributed by atoms with Gasteiger partial charge in [0.1, 0.15) is 11.4 Å². The summed E-state index contributed by atoms with van der Waals surface area (Å²) in [5.41, 5.74) is 9.00. The van der Waals surface area contributed by atoms with Crippen LogP contribution in [-0.4, -0.2) is 35.0 Å². The molecule has 0 aliphatic carbocycles. The number of nitrogens with zero attached hydrogens (tertiary/aromatic N) is 6. The van der Waals surface area contributed by atoms with Crippen LogP contribution in [0.5, 0.6) is 0 Å². The van der Waals surface area contributed by atoms with E-state index in [-0.39, 0.29) is 16.9 Å². The Bertz CT molecular complexity index is 1970. The molecule has 198 valence electrons. The number of anilines is 1. The summed E-state index contributed by atoms with van der Waals surface area (Å²) >= 11 is 1.56. The molecule has 0 saturated heterocycles. The van der Waals surface area contributed by atoms with Gasteiger partial charge in [-0.25, -0.2) is 19.5 Å². The normalized spacial score (nSPS) is 12.3. The van der Waals surface area contributed by atoms with Crippen molar-refractivity contribution in [2.24, 2.45) is 0 Å². The van der Waals surface area contributed by atoms with Crippen molar-refractivity contribution < 1.29 is 4.79 Å². The van der Waals surface area contributed by atoms with Gasteiger partial charge in [0.25, 0.3) is 11.5 Å². The van der Waals surface area contributed by atoms with Crippen LogP contribution in [0, 0.1) is 6.92 Å². The maximum atomic E-state index is 14.2. The van der Waals surface area contributed by atoms with Crippen LogP contribution in [-0.2, 0) is 0 Å². The van der Waals surface area contributed by atoms with Crippen molar-refractivity contribution in [1.82, 2.24) is 34.4 Å². The largest absolute Gasteiger partial charge is 0.381 e. The van der Waals surface area contributed by atoms with E-state index in [1.165, 1.54) is 9.08 Å². The lowest BCUT2D eigenvalue weighted by molar-refractivity contribution is 0.0940. The van der Waals surface area contributed by atoms with Gasteiger partial charge in [-0.05, 0) is 49.8 Å². The van der Waals surface area contributed by atoms with E-state index in [0.29, 0.717) is 28.1 Å². The number of aromatic nitrogens is 6. The van der Waals surface area contributed by atoms with E-state index in [0.717, 1.165) is 16.3 Å². The van der Waals surface area contributed by atoms with Crippen LogP contribution in [0.25, 0.3) is 34.4 Å². The molecule has 2 aromatic carbocycles. The summed E-state index contributed by atoms with van der Waals surface area (Å²) in [5.74, 6) is -0.0405. The first-order valence-corrected chi connectivity index (χ1v) is 13.4. The number of amides is 1. The minimum atomic E-state index is -0.667. The van der Waals surface area contributed by atoms with Crippen LogP contribution in [0.4, 0.5) is 5.82 Å². The molecule has 0 aliphatic heterocycles. The van der Waals surface area contributed by atoms with Crippen molar-refractivity contribution in [2.45, 2.75) is 19.9 Å². The Morgan fingerprint density at radius 2 is 1.90 bits per heavy atom. The maximum Gasteiger partial charge on any atom is 0.266 e. The van der Waals surface area contributed by atoms with Crippen molar-refractivity contribution in [3.63, 3.8) is 0 Å². The van der Waals surface area contributed by atoms with E-state index in [2.05, 4.69) is 20.4 Å². The molecule has 10 nitrogen and oxygen atoms in total. The third-order valence-corrected chi connectivity index (χ3v) is 7.22. The molecule has 0 saturated carbocycles. The number of nitrogens with one attached hydrogen (secondary N) is 1. The van der Waals surface area contributed by atoms with E-state index in [9.17, 15) is 9.59 Å². The first-order chi connectivity index (χ1) is 19.4. The molecule has 6 rings (SSSR count). The lowest BCUT2D eigenvalue weighted by atomic mass is 10.1. The van der Waals surface area contributed by atoms with Crippen LogP contribution in [0.1, 0.15) is 45.4 Å². The Hall–Kier alpha value is -5.16. The summed E-state index contributed by atoms with van der Waals surface area (Å²) in [6.45, 7) is 3.72. The predicted octanol–water partition coefficient (Wildman–Crippen LogP) is 4.44.